The van der Waals surface area contributed by atoms with Gasteiger partial charge in [0.05, 0.1) is 19.1 Å². The highest BCUT2D eigenvalue weighted by molar-refractivity contribution is 5.70. The SMILES string of the molecule is Nc1ncc2ncn([C@@H]3O[C@H](CO)C(O)[C@H]3F)c2n1. The van der Waals surface area contributed by atoms with Crippen LogP contribution in [0.3, 0.4) is 0 Å². The minimum Gasteiger partial charge on any atom is -0.394 e. The van der Waals surface area contributed by atoms with Crippen molar-refractivity contribution >= 4 is 17.1 Å². The largest absolute Gasteiger partial charge is 0.394 e. The summed E-state index contributed by atoms with van der Waals surface area (Å²) in [5.74, 6) is 0.0295. The van der Waals surface area contributed by atoms with Gasteiger partial charge in [-0.15, -0.1) is 0 Å². The Bertz CT molecular complexity index is 606. The molecule has 102 valence electrons. The van der Waals surface area contributed by atoms with E-state index in [0.717, 1.165) is 0 Å². The Morgan fingerprint density at radius 1 is 1.47 bits per heavy atom. The van der Waals surface area contributed by atoms with Crippen molar-refractivity contribution in [1.82, 2.24) is 19.5 Å². The first kappa shape index (κ1) is 12.2. The van der Waals surface area contributed by atoms with Crippen LogP contribution in [-0.4, -0.2) is 54.7 Å². The van der Waals surface area contributed by atoms with Gasteiger partial charge in [-0.1, -0.05) is 0 Å². The summed E-state index contributed by atoms with van der Waals surface area (Å²) < 4.78 is 20.6. The maximum Gasteiger partial charge on any atom is 0.222 e. The second-order valence-electron chi connectivity index (χ2n) is 4.27. The highest BCUT2D eigenvalue weighted by Gasteiger charge is 2.45. The molecule has 1 unspecified atom stereocenters. The number of aliphatic hydroxyl groups is 2. The van der Waals surface area contributed by atoms with Crippen LogP contribution < -0.4 is 5.73 Å². The summed E-state index contributed by atoms with van der Waals surface area (Å²) in [5, 5.41) is 18.6. The van der Waals surface area contributed by atoms with E-state index in [0.29, 0.717) is 11.2 Å². The van der Waals surface area contributed by atoms with Gasteiger partial charge in [0.1, 0.15) is 17.7 Å². The van der Waals surface area contributed by atoms with E-state index in [1.54, 1.807) is 0 Å². The number of halogens is 1. The van der Waals surface area contributed by atoms with E-state index in [9.17, 15) is 9.50 Å². The number of aliphatic hydroxyl groups excluding tert-OH is 2. The Morgan fingerprint density at radius 2 is 2.26 bits per heavy atom. The third kappa shape index (κ3) is 1.82. The first-order chi connectivity index (χ1) is 9.11. The van der Waals surface area contributed by atoms with Gasteiger partial charge in [0.15, 0.2) is 18.0 Å². The van der Waals surface area contributed by atoms with Gasteiger partial charge in [-0.25, -0.2) is 14.4 Å². The zero-order chi connectivity index (χ0) is 13.6. The first-order valence-electron chi connectivity index (χ1n) is 5.65. The Hall–Kier alpha value is -1.84. The van der Waals surface area contributed by atoms with Crippen LogP contribution in [0.15, 0.2) is 12.5 Å². The van der Waals surface area contributed by atoms with Gasteiger partial charge in [-0.05, 0) is 0 Å². The number of fused-ring (bicyclic) bond motifs is 1. The van der Waals surface area contributed by atoms with Crippen LogP contribution in [0.5, 0.6) is 0 Å². The molecule has 1 fully saturated rings. The smallest absolute Gasteiger partial charge is 0.222 e. The first-order valence-corrected chi connectivity index (χ1v) is 5.65. The number of hydrogen-bond acceptors (Lipinski definition) is 7. The third-order valence-electron chi connectivity index (χ3n) is 3.08. The van der Waals surface area contributed by atoms with Gasteiger partial charge >= 0.3 is 0 Å². The number of alkyl halides is 1. The fourth-order valence-corrected chi connectivity index (χ4v) is 2.10. The fraction of sp³-hybridized carbons (Fsp3) is 0.500. The summed E-state index contributed by atoms with van der Waals surface area (Å²) in [6, 6.07) is 0. The Labute approximate surface area is 106 Å². The van der Waals surface area contributed by atoms with Crippen molar-refractivity contribution in [2.24, 2.45) is 0 Å². The molecule has 0 aromatic carbocycles. The Balaban J connectivity index is 2.03. The summed E-state index contributed by atoms with van der Waals surface area (Å²) in [6.07, 6.45) is -2.42. The van der Waals surface area contributed by atoms with Crippen LogP contribution in [0.1, 0.15) is 6.23 Å². The molecule has 0 amide bonds. The monoisotopic (exact) mass is 269 g/mol. The van der Waals surface area contributed by atoms with Crippen molar-refractivity contribution in [2.45, 2.75) is 24.6 Å². The summed E-state index contributed by atoms with van der Waals surface area (Å²) >= 11 is 0. The molecule has 0 radical (unpaired) electrons. The lowest BCUT2D eigenvalue weighted by atomic mass is 10.1. The average Bonchev–Trinajstić information content (AvgIpc) is 2.92. The quantitative estimate of drug-likeness (QED) is 0.639. The average molecular weight is 269 g/mol. The molecule has 19 heavy (non-hydrogen) atoms. The number of nitrogen functional groups attached to an aromatic ring is 1. The number of anilines is 1. The van der Waals surface area contributed by atoms with Gasteiger partial charge in [-0.2, -0.15) is 4.98 Å². The number of imidazole rings is 1. The van der Waals surface area contributed by atoms with Gasteiger partial charge < -0.3 is 20.7 Å². The molecular weight excluding hydrogens is 257 g/mol. The standard InChI is InChI=1S/C10H12FN5O3/c11-6-7(18)5(2-17)19-9(6)16-3-14-4-1-13-10(12)15-8(4)16/h1,3,5-7,9,17-18H,2H2,(H2,12,13,15)/t5-,6-,7?,9-/m1/s1. The lowest BCUT2D eigenvalue weighted by molar-refractivity contribution is -0.0459. The number of rotatable bonds is 2. The van der Waals surface area contributed by atoms with E-state index >= 15 is 0 Å². The van der Waals surface area contributed by atoms with Crippen LogP contribution in [0.25, 0.3) is 11.2 Å². The zero-order valence-electron chi connectivity index (χ0n) is 9.72. The highest BCUT2D eigenvalue weighted by atomic mass is 19.1. The van der Waals surface area contributed by atoms with Crippen molar-refractivity contribution in [3.63, 3.8) is 0 Å². The number of nitrogens with zero attached hydrogens (tertiary/aromatic N) is 4. The molecule has 1 aliphatic heterocycles. The zero-order valence-corrected chi connectivity index (χ0v) is 9.72. The van der Waals surface area contributed by atoms with Crippen molar-refractivity contribution < 1.29 is 19.3 Å². The molecule has 1 saturated heterocycles. The molecule has 2 aromatic rings. The van der Waals surface area contributed by atoms with Crippen LogP contribution in [0.2, 0.25) is 0 Å². The molecule has 0 spiro atoms. The van der Waals surface area contributed by atoms with Gasteiger partial charge in [0.2, 0.25) is 5.95 Å². The summed E-state index contributed by atoms with van der Waals surface area (Å²) in [5.41, 5.74) is 6.23. The summed E-state index contributed by atoms with van der Waals surface area (Å²) in [6.45, 7) is -0.470. The molecule has 2 aromatic heterocycles. The van der Waals surface area contributed by atoms with E-state index in [-0.39, 0.29) is 5.95 Å². The van der Waals surface area contributed by atoms with Crippen LogP contribution in [0, 0.1) is 0 Å². The number of nitrogens with two attached hydrogens (primary N) is 1. The highest BCUT2D eigenvalue weighted by Crippen LogP contribution is 2.33. The minimum absolute atomic E-state index is 0.0295. The molecule has 3 heterocycles. The van der Waals surface area contributed by atoms with Crippen molar-refractivity contribution in [2.75, 3.05) is 12.3 Å². The lowest BCUT2D eigenvalue weighted by Gasteiger charge is -2.14. The molecule has 9 heteroatoms. The molecule has 0 saturated carbocycles. The molecule has 4 atom stereocenters. The Morgan fingerprint density at radius 3 is 2.95 bits per heavy atom. The van der Waals surface area contributed by atoms with Gasteiger partial charge in [0.25, 0.3) is 0 Å². The maximum atomic E-state index is 14.0. The number of hydrogen-bond donors (Lipinski definition) is 3. The predicted octanol–water partition coefficient (Wildman–Crippen LogP) is -1.00. The predicted molar refractivity (Wildman–Crippen MR) is 61.6 cm³/mol. The number of ether oxygens (including phenoxy) is 1. The van der Waals surface area contributed by atoms with E-state index in [1.165, 1.54) is 17.1 Å². The van der Waals surface area contributed by atoms with Crippen LogP contribution in [-0.2, 0) is 4.74 Å². The van der Waals surface area contributed by atoms with E-state index in [1.807, 2.05) is 0 Å². The molecule has 1 aliphatic rings. The van der Waals surface area contributed by atoms with Crippen molar-refractivity contribution in [3.8, 4) is 0 Å². The van der Waals surface area contributed by atoms with Crippen molar-refractivity contribution in [3.05, 3.63) is 12.5 Å². The van der Waals surface area contributed by atoms with E-state index in [2.05, 4.69) is 15.0 Å². The van der Waals surface area contributed by atoms with E-state index < -0.39 is 31.2 Å². The van der Waals surface area contributed by atoms with Crippen LogP contribution >= 0.6 is 0 Å². The van der Waals surface area contributed by atoms with Gasteiger partial charge in [-0.3, -0.25) is 4.57 Å². The Kier molecular flexibility index (Phi) is 2.81. The molecule has 3 rings (SSSR count). The number of aromatic nitrogens is 4. The third-order valence-corrected chi connectivity index (χ3v) is 3.08. The lowest BCUT2D eigenvalue weighted by Crippen LogP contribution is -2.30. The second kappa shape index (κ2) is 4.37. The van der Waals surface area contributed by atoms with E-state index in [4.69, 9.17) is 15.6 Å². The normalized spacial score (nSPS) is 31.1. The van der Waals surface area contributed by atoms with Crippen molar-refractivity contribution in [1.29, 1.82) is 0 Å². The molecule has 0 bridgehead atoms. The maximum absolute atomic E-state index is 14.0. The molecular formula is C10H12FN5O3. The molecule has 8 nitrogen and oxygen atoms in total. The summed E-state index contributed by atoms with van der Waals surface area (Å²) in [4.78, 5) is 11.8. The van der Waals surface area contributed by atoms with Gasteiger partial charge in [0, 0.05) is 0 Å². The van der Waals surface area contributed by atoms with Crippen LogP contribution in [0.4, 0.5) is 10.3 Å². The molecule has 4 N–H and O–H groups in total. The summed E-state index contributed by atoms with van der Waals surface area (Å²) in [7, 11) is 0. The topological polar surface area (TPSA) is 119 Å². The fourth-order valence-electron chi connectivity index (χ4n) is 2.10. The molecule has 0 aliphatic carbocycles. The minimum atomic E-state index is -1.69. The second-order valence-corrected chi connectivity index (χ2v) is 4.27.